The first-order chi connectivity index (χ1) is 8.70. The average molecular weight is 329 g/mol. The molecule has 0 saturated carbocycles. The van der Waals surface area contributed by atoms with Gasteiger partial charge in [0, 0.05) is 4.90 Å². The molecule has 1 atom stereocenters. The molecule has 0 radical (unpaired) electrons. The van der Waals surface area contributed by atoms with Crippen LogP contribution in [0.1, 0.15) is 5.56 Å². The third kappa shape index (κ3) is 2.85. The number of carboxylic acid groups (broad SMARTS) is 1. The Morgan fingerprint density at radius 2 is 1.84 bits per heavy atom. The molecule has 1 aliphatic rings. The molecule has 2 rings (SSSR count). The van der Waals surface area contributed by atoms with Crippen LogP contribution in [0, 0.1) is 0 Å². The van der Waals surface area contributed by atoms with Crippen molar-refractivity contribution in [2.45, 2.75) is 16.3 Å². The summed E-state index contributed by atoms with van der Waals surface area (Å²) in [6.45, 7) is 0. The van der Waals surface area contributed by atoms with Crippen LogP contribution in [-0.4, -0.2) is 22.5 Å². The second-order valence-corrected chi connectivity index (χ2v) is 5.71. The van der Waals surface area contributed by atoms with Crippen LogP contribution in [0.25, 0.3) is 6.08 Å². The molecule has 1 aromatic rings. The Kier molecular flexibility index (Phi) is 3.77. The number of carbonyl (C=O) groups is 1. The fraction of sp³-hybridized carbons (Fsp3) is 0.182. The molecule has 19 heavy (non-hydrogen) atoms. The first-order valence-corrected chi connectivity index (χ1v) is 6.51. The van der Waals surface area contributed by atoms with Crippen molar-refractivity contribution in [1.82, 2.24) is 0 Å². The van der Waals surface area contributed by atoms with Gasteiger partial charge in [-0.25, -0.2) is 4.79 Å². The number of fused-ring (bicyclic) bond motifs is 1. The Hall–Kier alpha value is -0.850. The number of hydrogen-bond acceptors (Lipinski definition) is 2. The van der Waals surface area contributed by atoms with E-state index < -0.39 is 23.0 Å². The van der Waals surface area contributed by atoms with Crippen LogP contribution in [0.3, 0.4) is 0 Å². The summed E-state index contributed by atoms with van der Waals surface area (Å²) in [5.74, 6) is -1.61. The predicted molar refractivity (Wildman–Crippen MR) is 67.8 cm³/mol. The molecular formula is C11H5Cl2F3O2S. The van der Waals surface area contributed by atoms with E-state index in [9.17, 15) is 18.0 Å². The molecule has 0 aromatic heterocycles. The highest BCUT2D eigenvalue weighted by atomic mass is 35.5. The number of rotatable bonds is 1. The van der Waals surface area contributed by atoms with E-state index in [1.165, 1.54) is 12.1 Å². The summed E-state index contributed by atoms with van der Waals surface area (Å²) < 4.78 is 38.5. The third-order valence-corrected chi connectivity index (χ3v) is 4.52. The molecule has 1 aromatic carbocycles. The van der Waals surface area contributed by atoms with Crippen molar-refractivity contribution in [3.8, 4) is 0 Å². The van der Waals surface area contributed by atoms with Crippen LogP contribution in [0.15, 0.2) is 22.6 Å². The monoisotopic (exact) mass is 328 g/mol. The molecule has 1 aliphatic heterocycles. The Bertz CT molecular complexity index is 584. The van der Waals surface area contributed by atoms with Gasteiger partial charge in [-0.3, -0.25) is 0 Å². The predicted octanol–water partition coefficient (Wildman–Crippen LogP) is 4.50. The van der Waals surface area contributed by atoms with Gasteiger partial charge in [-0.2, -0.15) is 13.2 Å². The van der Waals surface area contributed by atoms with Crippen molar-refractivity contribution in [3.05, 3.63) is 33.3 Å². The minimum atomic E-state index is -4.65. The lowest BCUT2D eigenvalue weighted by atomic mass is 10.1. The van der Waals surface area contributed by atoms with Crippen molar-refractivity contribution >= 4 is 47.0 Å². The molecule has 0 spiro atoms. The van der Waals surface area contributed by atoms with Gasteiger partial charge < -0.3 is 5.11 Å². The molecule has 1 heterocycles. The van der Waals surface area contributed by atoms with Crippen LogP contribution >= 0.6 is 35.0 Å². The van der Waals surface area contributed by atoms with E-state index in [1.54, 1.807) is 0 Å². The van der Waals surface area contributed by atoms with Gasteiger partial charge in [-0.1, -0.05) is 23.2 Å². The third-order valence-electron chi connectivity index (χ3n) is 2.44. The number of aliphatic carboxylic acids is 1. The maximum absolute atomic E-state index is 12.8. The SMILES string of the molecule is O=C(O)C1=Cc2cc(Cl)c(Cl)cc2S[C@@H]1C(F)(F)F. The fourth-order valence-corrected chi connectivity index (χ4v) is 3.13. The molecule has 8 heteroatoms. The molecule has 102 valence electrons. The van der Waals surface area contributed by atoms with Crippen molar-refractivity contribution < 1.29 is 23.1 Å². The van der Waals surface area contributed by atoms with Crippen molar-refractivity contribution in [1.29, 1.82) is 0 Å². The number of thioether (sulfide) groups is 1. The van der Waals surface area contributed by atoms with Crippen molar-refractivity contribution in [2.75, 3.05) is 0 Å². The summed E-state index contributed by atoms with van der Waals surface area (Å²) >= 11 is 11.9. The lowest BCUT2D eigenvalue weighted by Gasteiger charge is -2.25. The average Bonchev–Trinajstić information content (AvgIpc) is 2.27. The largest absolute Gasteiger partial charge is 0.478 e. The molecule has 0 bridgehead atoms. The van der Waals surface area contributed by atoms with Crippen LogP contribution in [0.5, 0.6) is 0 Å². The molecule has 0 amide bonds. The van der Waals surface area contributed by atoms with Gasteiger partial charge in [0.25, 0.3) is 0 Å². The van der Waals surface area contributed by atoms with Gasteiger partial charge in [0.15, 0.2) is 0 Å². The topological polar surface area (TPSA) is 37.3 Å². The summed E-state index contributed by atoms with van der Waals surface area (Å²) in [7, 11) is 0. The highest BCUT2D eigenvalue weighted by Gasteiger charge is 2.46. The van der Waals surface area contributed by atoms with E-state index in [0.29, 0.717) is 17.3 Å². The van der Waals surface area contributed by atoms with Gasteiger partial charge in [-0.05, 0) is 23.8 Å². The lowest BCUT2D eigenvalue weighted by Crippen LogP contribution is -2.32. The molecule has 2 nitrogen and oxygen atoms in total. The number of halogens is 5. The van der Waals surface area contributed by atoms with E-state index in [4.69, 9.17) is 28.3 Å². The molecule has 0 saturated heterocycles. The van der Waals surface area contributed by atoms with Crippen LogP contribution in [0.2, 0.25) is 10.0 Å². The Morgan fingerprint density at radius 3 is 2.37 bits per heavy atom. The zero-order chi connectivity index (χ0) is 14.4. The minimum Gasteiger partial charge on any atom is -0.478 e. The Balaban J connectivity index is 2.57. The van der Waals surface area contributed by atoms with E-state index in [0.717, 1.165) is 6.08 Å². The number of hydrogen-bond donors (Lipinski definition) is 1. The summed E-state index contributed by atoms with van der Waals surface area (Å²) in [6.07, 6.45) is -3.67. The zero-order valence-electron chi connectivity index (χ0n) is 8.96. The standard InChI is InChI=1S/C11H5Cl2F3O2S/c12-6-2-4-1-5(10(17)18)9(11(14,15)16)19-8(4)3-7(6)13/h1-3,9H,(H,17,18)/t9-/m0/s1. The summed E-state index contributed by atoms with van der Waals surface area (Å²) in [4.78, 5) is 11.2. The summed E-state index contributed by atoms with van der Waals surface area (Å²) in [5, 5.41) is 7.05. The molecular weight excluding hydrogens is 324 g/mol. The van der Waals surface area contributed by atoms with Gasteiger partial charge in [0.1, 0.15) is 5.25 Å². The van der Waals surface area contributed by atoms with Crippen molar-refractivity contribution in [2.24, 2.45) is 0 Å². The highest BCUT2D eigenvalue weighted by Crippen LogP contribution is 2.46. The van der Waals surface area contributed by atoms with E-state index >= 15 is 0 Å². The molecule has 1 N–H and O–H groups in total. The first-order valence-electron chi connectivity index (χ1n) is 4.87. The molecule has 0 aliphatic carbocycles. The number of carboxylic acids is 1. The van der Waals surface area contributed by atoms with Gasteiger partial charge >= 0.3 is 12.1 Å². The Morgan fingerprint density at radius 1 is 1.26 bits per heavy atom. The summed E-state index contributed by atoms with van der Waals surface area (Å²) in [6, 6.07) is 2.65. The van der Waals surface area contributed by atoms with Gasteiger partial charge in [0.2, 0.25) is 0 Å². The van der Waals surface area contributed by atoms with Gasteiger partial charge in [-0.15, -0.1) is 11.8 Å². The van der Waals surface area contributed by atoms with E-state index in [2.05, 4.69) is 0 Å². The zero-order valence-corrected chi connectivity index (χ0v) is 11.3. The van der Waals surface area contributed by atoms with E-state index in [-0.39, 0.29) is 14.9 Å². The normalized spacial score (nSPS) is 18.8. The van der Waals surface area contributed by atoms with Crippen LogP contribution < -0.4 is 0 Å². The second-order valence-electron chi connectivity index (χ2n) is 3.75. The minimum absolute atomic E-state index is 0.126. The highest BCUT2D eigenvalue weighted by molar-refractivity contribution is 8.00. The van der Waals surface area contributed by atoms with Crippen molar-refractivity contribution in [3.63, 3.8) is 0 Å². The second kappa shape index (κ2) is 4.92. The summed E-state index contributed by atoms with van der Waals surface area (Å²) in [5.41, 5.74) is -0.402. The Labute approximate surface area is 120 Å². The number of benzene rings is 1. The van der Waals surface area contributed by atoms with Crippen LogP contribution in [-0.2, 0) is 4.79 Å². The lowest BCUT2D eigenvalue weighted by molar-refractivity contribution is -0.140. The van der Waals surface area contributed by atoms with Crippen LogP contribution in [0.4, 0.5) is 13.2 Å². The fourth-order valence-electron chi connectivity index (χ4n) is 1.61. The molecule has 0 unspecified atom stereocenters. The van der Waals surface area contributed by atoms with E-state index in [1.807, 2.05) is 0 Å². The first kappa shape index (κ1) is 14.6. The smallest absolute Gasteiger partial charge is 0.405 e. The molecule has 0 fully saturated rings. The van der Waals surface area contributed by atoms with Gasteiger partial charge in [0.05, 0.1) is 15.6 Å². The quantitative estimate of drug-likeness (QED) is 0.824. The maximum atomic E-state index is 12.8. The maximum Gasteiger partial charge on any atom is 0.405 e. The number of alkyl halides is 3.